The fourth-order valence-electron chi connectivity index (χ4n) is 0.746. The number of hydrogen-bond donors (Lipinski definition) is 0. The highest BCUT2D eigenvalue weighted by Gasteiger charge is 2.16. The van der Waals surface area contributed by atoms with Crippen LogP contribution in [0.4, 0.5) is 13.2 Å². The Morgan fingerprint density at radius 2 is 2.21 bits per heavy atom. The number of carbonyl (C=O) groups excluding carboxylic acids is 1. The van der Waals surface area contributed by atoms with Crippen LogP contribution in [0.5, 0.6) is 5.88 Å². The van der Waals surface area contributed by atoms with Crippen molar-refractivity contribution in [2.45, 2.75) is 6.61 Å². The molecule has 1 rings (SSSR count). The maximum atomic E-state index is 12.5. The number of aromatic nitrogens is 1. The lowest BCUT2D eigenvalue weighted by Crippen LogP contribution is -2.08. The molecule has 3 nitrogen and oxygen atoms in total. The summed E-state index contributed by atoms with van der Waals surface area (Å²) in [6.45, 7) is -3.15. The highest BCUT2D eigenvalue weighted by Crippen LogP contribution is 2.20. The average molecular weight is 226 g/mol. The molecule has 0 spiro atoms. The lowest BCUT2D eigenvalue weighted by atomic mass is 10.3. The molecule has 76 valence electrons. The standard InChI is InChI=1S/C7H3ClF3NO2/c8-5(13)4-1-3(9)2-12-6(4)14-7(10)11/h1-2,7H. The summed E-state index contributed by atoms with van der Waals surface area (Å²) >= 11 is 4.99. The van der Waals surface area contributed by atoms with Crippen LogP contribution in [0, 0.1) is 5.82 Å². The molecule has 0 unspecified atom stereocenters. The minimum Gasteiger partial charge on any atom is -0.416 e. The van der Waals surface area contributed by atoms with Gasteiger partial charge >= 0.3 is 6.61 Å². The smallest absolute Gasteiger partial charge is 0.388 e. The Morgan fingerprint density at radius 1 is 1.57 bits per heavy atom. The van der Waals surface area contributed by atoms with Gasteiger partial charge in [-0.15, -0.1) is 0 Å². The van der Waals surface area contributed by atoms with Crippen molar-refractivity contribution in [3.63, 3.8) is 0 Å². The van der Waals surface area contributed by atoms with Crippen molar-refractivity contribution < 1.29 is 22.7 Å². The summed E-state index contributed by atoms with van der Waals surface area (Å²) in [5, 5.41) is -1.12. The van der Waals surface area contributed by atoms with E-state index in [1.165, 1.54) is 0 Å². The van der Waals surface area contributed by atoms with E-state index in [-0.39, 0.29) is 0 Å². The van der Waals surface area contributed by atoms with E-state index < -0.39 is 29.1 Å². The molecule has 0 aliphatic carbocycles. The summed E-state index contributed by atoms with van der Waals surface area (Å²) in [6.07, 6.45) is 0.640. The Kier molecular flexibility index (Phi) is 3.29. The fourth-order valence-corrected chi connectivity index (χ4v) is 0.881. The molecule has 0 N–H and O–H groups in total. The first-order valence-corrected chi connectivity index (χ1v) is 3.68. The van der Waals surface area contributed by atoms with E-state index in [9.17, 15) is 18.0 Å². The van der Waals surface area contributed by atoms with Crippen molar-refractivity contribution in [3.8, 4) is 5.88 Å². The van der Waals surface area contributed by atoms with Crippen molar-refractivity contribution >= 4 is 16.8 Å². The van der Waals surface area contributed by atoms with Crippen LogP contribution in [-0.4, -0.2) is 16.8 Å². The van der Waals surface area contributed by atoms with E-state index in [2.05, 4.69) is 9.72 Å². The zero-order valence-electron chi connectivity index (χ0n) is 6.51. The number of rotatable bonds is 3. The molecule has 1 aromatic rings. The molecule has 0 bridgehead atoms. The second kappa shape index (κ2) is 4.28. The SMILES string of the molecule is O=C(Cl)c1cc(F)cnc1OC(F)F. The summed E-state index contributed by atoms with van der Waals surface area (Å²) in [7, 11) is 0. The molecule has 1 heterocycles. The normalized spacial score (nSPS) is 10.4. The molecule has 0 saturated carbocycles. The first-order valence-electron chi connectivity index (χ1n) is 3.31. The predicted octanol–water partition coefficient (Wildman–Crippen LogP) is 2.20. The number of ether oxygens (including phenoxy) is 1. The molecular formula is C7H3ClF3NO2. The van der Waals surface area contributed by atoms with Gasteiger partial charge in [-0.05, 0) is 17.7 Å². The zero-order valence-corrected chi connectivity index (χ0v) is 7.26. The Balaban J connectivity index is 3.08. The third-order valence-electron chi connectivity index (χ3n) is 1.23. The van der Waals surface area contributed by atoms with Crippen LogP contribution in [0.25, 0.3) is 0 Å². The van der Waals surface area contributed by atoms with Gasteiger partial charge in [-0.1, -0.05) is 0 Å². The summed E-state index contributed by atoms with van der Waals surface area (Å²) in [4.78, 5) is 13.8. The molecule has 0 saturated heterocycles. The highest BCUT2D eigenvalue weighted by molar-refractivity contribution is 6.68. The molecule has 0 atom stereocenters. The zero-order chi connectivity index (χ0) is 10.7. The summed E-state index contributed by atoms with van der Waals surface area (Å²) in [5.41, 5.74) is -0.535. The number of hydrogen-bond acceptors (Lipinski definition) is 3. The summed E-state index contributed by atoms with van der Waals surface area (Å²) in [6, 6.07) is 0.667. The third kappa shape index (κ3) is 2.59. The Bertz CT molecular complexity index is 359. The van der Waals surface area contributed by atoms with Crippen LogP contribution in [-0.2, 0) is 0 Å². The second-order valence-corrected chi connectivity index (χ2v) is 2.50. The second-order valence-electron chi connectivity index (χ2n) is 2.16. The highest BCUT2D eigenvalue weighted by atomic mass is 35.5. The first kappa shape index (κ1) is 10.8. The van der Waals surface area contributed by atoms with Crippen LogP contribution in [0.3, 0.4) is 0 Å². The summed E-state index contributed by atoms with van der Waals surface area (Å²) < 4.78 is 39.9. The Hall–Kier alpha value is -1.30. The number of nitrogens with zero attached hydrogens (tertiary/aromatic N) is 1. The molecule has 14 heavy (non-hydrogen) atoms. The van der Waals surface area contributed by atoms with Crippen molar-refractivity contribution in [1.82, 2.24) is 4.98 Å². The van der Waals surface area contributed by atoms with Gasteiger partial charge in [0.15, 0.2) is 0 Å². The van der Waals surface area contributed by atoms with Crippen LogP contribution in [0.15, 0.2) is 12.3 Å². The van der Waals surface area contributed by atoms with E-state index in [0.717, 1.165) is 0 Å². The maximum absolute atomic E-state index is 12.5. The number of halogens is 4. The molecule has 0 aliphatic rings. The van der Waals surface area contributed by atoms with E-state index in [4.69, 9.17) is 11.6 Å². The van der Waals surface area contributed by atoms with Gasteiger partial charge < -0.3 is 4.74 Å². The predicted molar refractivity (Wildman–Crippen MR) is 41.0 cm³/mol. The first-order chi connectivity index (χ1) is 6.50. The molecule has 0 aliphatic heterocycles. The van der Waals surface area contributed by atoms with Gasteiger partial charge in [-0.25, -0.2) is 9.37 Å². The van der Waals surface area contributed by atoms with Gasteiger partial charge in [0.25, 0.3) is 5.24 Å². The van der Waals surface area contributed by atoms with Crippen molar-refractivity contribution in [2.75, 3.05) is 0 Å². The number of alkyl halides is 2. The molecule has 7 heteroatoms. The number of carbonyl (C=O) groups is 1. The monoisotopic (exact) mass is 225 g/mol. The largest absolute Gasteiger partial charge is 0.416 e. The topological polar surface area (TPSA) is 39.2 Å². The van der Waals surface area contributed by atoms with Gasteiger partial charge in [0.1, 0.15) is 5.82 Å². The van der Waals surface area contributed by atoms with Gasteiger partial charge in [0.05, 0.1) is 11.8 Å². The number of pyridine rings is 1. The fraction of sp³-hybridized carbons (Fsp3) is 0.143. The molecule has 0 fully saturated rings. The molecular weight excluding hydrogens is 223 g/mol. The van der Waals surface area contributed by atoms with Gasteiger partial charge in [-0.3, -0.25) is 4.79 Å². The average Bonchev–Trinajstić information content (AvgIpc) is 2.07. The lowest BCUT2D eigenvalue weighted by molar-refractivity contribution is -0.0531. The van der Waals surface area contributed by atoms with E-state index >= 15 is 0 Å². The van der Waals surface area contributed by atoms with Crippen molar-refractivity contribution in [3.05, 3.63) is 23.6 Å². The molecule has 0 amide bonds. The van der Waals surface area contributed by atoms with Crippen LogP contribution in [0.1, 0.15) is 10.4 Å². The van der Waals surface area contributed by atoms with E-state index in [1.54, 1.807) is 0 Å². The van der Waals surface area contributed by atoms with E-state index in [0.29, 0.717) is 12.3 Å². The quantitative estimate of drug-likeness (QED) is 0.741. The van der Waals surface area contributed by atoms with E-state index in [1.807, 2.05) is 0 Å². The summed E-state index contributed by atoms with van der Waals surface area (Å²) in [5.74, 6) is -1.56. The molecule has 0 aromatic carbocycles. The lowest BCUT2D eigenvalue weighted by Gasteiger charge is -2.05. The van der Waals surface area contributed by atoms with Crippen LogP contribution in [0.2, 0.25) is 0 Å². The van der Waals surface area contributed by atoms with Gasteiger partial charge in [-0.2, -0.15) is 8.78 Å². The minimum atomic E-state index is -3.15. The molecule has 1 aromatic heterocycles. The van der Waals surface area contributed by atoms with Crippen LogP contribution < -0.4 is 4.74 Å². The van der Waals surface area contributed by atoms with Crippen LogP contribution >= 0.6 is 11.6 Å². The van der Waals surface area contributed by atoms with Gasteiger partial charge in [0.2, 0.25) is 5.88 Å². The van der Waals surface area contributed by atoms with Gasteiger partial charge in [0, 0.05) is 0 Å². The Morgan fingerprint density at radius 3 is 2.71 bits per heavy atom. The molecule has 0 radical (unpaired) electrons. The Labute approximate surface area is 81.5 Å². The van der Waals surface area contributed by atoms with Crippen molar-refractivity contribution in [1.29, 1.82) is 0 Å². The minimum absolute atomic E-state index is 0.535. The maximum Gasteiger partial charge on any atom is 0.388 e. The third-order valence-corrected chi connectivity index (χ3v) is 1.43. The van der Waals surface area contributed by atoms with Crippen molar-refractivity contribution in [2.24, 2.45) is 0 Å².